The summed E-state index contributed by atoms with van der Waals surface area (Å²) < 4.78 is 0. The Balaban J connectivity index is 2.59. The number of aryl methyl sites for hydroxylation is 1. The van der Waals surface area contributed by atoms with Crippen LogP contribution in [0.5, 0.6) is 5.75 Å². The average Bonchev–Trinajstić information content (AvgIpc) is 2.44. The molecule has 5 nitrogen and oxygen atoms in total. The van der Waals surface area contributed by atoms with Crippen LogP contribution in [0.2, 0.25) is 0 Å². The molecule has 0 fully saturated rings. The molecule has 0 heterocycles. The van der Waals surface area contributed by atoms with Crippen molar-refractivity contribution in [2.75, 3.05) is 26.3 Å². The molecule has 0 aromatic heterocycles. The second-order valence-electron chi connectivity index (χ2n) is 4.94. The van der Waals surface area contributed by atoms with Gasteiger partial charge in [-0.3, -0.25) is 0 Å². The minimum Gasteiger partial charge on any atom is -0.507 e. The first-order valence-electron chi connectivity index (χ1n) is 7.13. The molecule has 0 radical (unpaired) electrons. The number of phenolic OH excluding ortho intramolecular Hbond substituents is 1. The van der Waals surface area contributed by atoms with Gasteiger partial charge < -0.3 is 26.0 Å². The molecular weight excluding hydrogens is 256 g/mol. The molecule has 0 aliphatic heterocycles. The molecule has 0 spiro atoms. The zero-order chi connectivity index (χ0) is 14.8. The largest absolute Gasteiger partial charge is 0.507 e. The molecule has 5 N–H and O–H groups in total. The summed E-state index contributed by atoms with van der Waals surface area (Å²) in [6, 6.07) is 3.94. The van der Waals surface area contributed by atoms with Crippen molar-refractivity contribution < 1.29 is 15.3 Å². The van der Waals surface area contributed by atoms with E-state index in [1.807, 2.05) is 19.1 Å². The summed E-state index contributed by atoms with van der Waals surface area (Å²) in [6.07, 6.45) is 1.42. The number of aromatic hydroxyl groups is 1. The molecule has 0 atom stereocenters. The standard InChI is InChI=1S/C15H26N2O3/c1-12-8-13(10-16-4-2-6-18)15(20)14(9-12)11-17-5-3-7-19/h8-9,16-20H,2-7,10-11H2,1H3. The van der Waals surface area contributed by atoms with Crippen molar-refractivity contribution in [3.8, 4) is 5.75 Å². The van der Waals surface area contributed by atoms with E-state index in [0.29, 0.717) is 31.7 Å². The Kier molecular flexibility index (Phi) is 8.22. The quantitative estimate of drug-likeness (QED) is 0.407. The van der Waals surface area contributed by atoms with Gasteiger partial charge in [0, 0.05) is 37.4 Å². The molecule has 0 aliphatic carbocycles. The van der Waals surface area contributed by atoms with Gasteiger partial charge in [-0.1, -0.05) is 17.7 Å². The Labute approximate surface area is 120 Å². The lowest BCUT2D eigenvalue weighted by molar-refractivity contribution is 0.286. The van der Waals surface area contributed by atoms with Gasteiger partial charge >= 0.3 is 0 Å². The summed E-state index contributed by atoms with van der Waals surface area (Å²) in [5.41, 5.74) is 2.87. The Morgan fingerprint density at radius 1 is 0.900 bits per heavy atom. The second kappa shape index (κ2) is 9.72. The summed E-state index contributed by atoms with van der Waals surface area (Å²) in [7, 11) is 0. The predicted octanol–water partition coefficient (Wildman–Crippen LogP) is 0.645. The van der Waals surface area contributed by atoms with E-state index >= 15 is 0 Å². The molecule has 1 aromatic carbocycles. The van der Waals surface area contributed by atoms with Gasteiger partial charge in [0.2, 0.25) is 0 Å². The Morgan fingerprint density at radius 2 is 1.35 bits per heavy atom. The molecule has 20 heavy (non-hydrogen) atoms. The van der Waals surface area contributed by atoms with Gasteiger partial charge in [0.05, 0.1) is 0 Å². The van der Waals surface area contributed by atoms with E-state index < -0.39 is 0 Å². The summed E-state index contributed by atoms with van der Waals surface area (Å²) in [4.78, 5) is 0. The molecule has 114 valence electrons. The molecule has 0 saturated heterocycles. The zero-order valence-corrected chi connectivity index (χ0v) is 12.2. The normalized spacial score (nSPS) is 10.9. The highest BCUT2D eigenvalue weighted by atomic mass is 16.3. The molecule has 0 saturated carbocycles. The fourth-order valence-electron chi connectivity index (χ4n) is 2.06. The Hall–Kier alpha value is -1.14. The Morgan fingerprint density at radius 3 is 1.75 bits per heavy atom. The lowest BCUT2D eigenvalue weighted by Crippen LogP contribution is -2.18. The number of aliphatic hydroxyl groups is 2. The van der Waals surface area contributed by atoms with E-state index in [2.05, 4.69) is 10.6 Å². The van der Waals surface area contributed by atoms with Gasteiger partial charge in [-0.15, -0.1) is 0 Å². The first-order chi connectivity index (χ1) is 9.69. The van der Waals surface area contributed by atoms with Crippen LogP contribution in [-0.2, 0) is 13.1 Å². The van der Waals surface area contributed by atoms with Crippen LogP contribution >= 0.6 is 0 Å². The van der Waals surface area contributed by atoms with Crippen LogP contribution in [0.15, 0.2) is 12.1 Å². The van der Waals surface area contributed by atoms with E-state index in [4.69, 9.17) is 10.2 Å². The zero-order valence-electron chi connectivity index (χ0n) is 12.2. The number of rotatable bonds is 10. The molecule has 5 heteroatoms. The van der Waals surface area contributed by atoms with Crippen LogP contribution in [0.4, 0.5) is 0 Å². The van der Waals surface area contributed by atoms with Crippen molar-refractivity contribution in [1.82, 2.24) is 10.6 Å². The van der Waals surface area contributed by atoms with Gasteiger partial charge in [-0.2, -0.15) is 0 Å². The number of nitrogens with one attached hydrogen (secondary N) is 2. The third-order valence-electron chi connectivity index (χ3n) is 3.07. The van der Waals surface area contributed by atoms with E-state index in [1.54, 1.807) is 0 Å². The Bertz CT molecular complexity index is 364. The average molecular weight is 282 g/mol. The monoisotopic (exact) mass is 282 g/mol. The van der Waals surface area contributed by atoms with Crippen molar-refractivity contribution in [1.29, 1.82) is 0 Å². The van der Waals surface area contributed by atoms with Crippen LogP contribution < -0.4 is 10.6 Å². The van der Waals surface area contributed by atoms with Crippen LogP contribution in [0.1, 0.15) is 29.5 Å². The summed E-state index contributed by atoms with van der Waals surface area (Å²) in [5.74, 6) is 0.323. The van der Waals surface area contributed by atoms with E-state index in [0.717, 1.165) is 29.8 Å². The smallest absolute Gasteiger partial charge is 0.124 e. The first-order valence-corrected chi connectivity index (χ1v) is 7.13. The summed E-state index contributed by atoms with van der Waals surface area (Å²) in [5, 5.41) is 34.1. The first kappa shape index (κ1) is 16.9. The maximum absolute atomic E-state index is 10.2. The fourth-order valence-corrected chi connectivity index (χ4v) is 2.06. The topological polar surface area (TPSA) is 84.8 Å². The highest BCUT2D eigenvalue weighted by molar-refractivity contribution is 5.43. The highest BCUT2D eigenvalue weighted by Gasteiger charge is 2.08. The predicted molar refractivity (Wildman–Crippen MR) is 79.7 cm³/mol. The molecule has 0 amide bonds. The SMILES string of the molecule is Cc1cc(CNCCCO)c(O)c(CNCCCO)c1. The van der Waals surface area contributed by atoms with E-state index in [1.165, 1.54) is 0 Å². The van der Waals surface area contributed by atoms with Crippen molar-refractivity contribution >= 4 is 0 Å². The summed E-state index contributed by atoms with van der Waals surface area (Å²) >= 11 is 0. The van der Waals surface area contributed by atoms with Gasteiger partial charge in [0.25, 0.3) is 0 Å². The van der Waals surface area contributed by atoms with Gasteiger partial charge in [0.1, 0.15) is 5.75 Å². The molecular formula is C15H26N2O3. The maximum atomic E-state index is 10.2. The fraction of sp³-hybridized carbons (Fsp3) is 0.600. The number of hydrogen-bond donors (Lipinski definition) is 5. The molecule has 1 aromatic rings. The lowest BCUT2D eigenvalue weighted by Gasteiger charge is -2.13. The molecule has 0 bridgehead atoms. The molecule has 0 unspecified atom stereocenters. The van der Waals surface area contributed by atoms with Crippen LogP contribution in [0.3, 0.4) is 0 Å². The van der Waals surface area contributed by atoms with Gasteiger partial charge in [0.15, 0.2) is 0 Å². The minimum atomic E-state index is 0.173. The van der Waals surface area contributed by atoms with E-state index in [9.17, 15) is 5.11 Å². The second-order valence-corrected chi connectivity index (χ2v) is 4.94. The van der Waals surface area contributed by atoms with Crippen molar-refractivity contribution in [3.63, 3.8) is 0 Å². The highest BCUT2D eigenvalue weighted by Crippen LogP contribution is 2.24. The number of hydrogen-bond acceptors (Lipinski definition) is 5. The maximum Gasteiger partial charge on any atom is 0.124 e. The van der Waals surface area contributed by atoms with Gasteiger partial charge in [-0.25, -0.2) is 0 Å². The van der Waals surface area contributed by atoms with Crippen molar-refractivity contribution in [2.45, 2.75) is 32.9 Å². The third kappa shape index (κ3) is 5.88. The number of phenols is 1. The molecule has 0 aliphatic rings. The van der Waals surface area contributed by atoms with E-state index in [-0.39, 0.29) is 13.2 Å². The van der Waals surface area contributed by atoms with Gasteiger partial charge in [-0.05, 0) is 32.9 Å². The summed E-state index contributed by atoms with van der Waals surface area (Å²) in [6.45, 7) is 5.00. The molecule has 1 rings (SSSR count). The van der Waals surface area contributed by atoms with Crippen molar-refractivity contribution in [2.24, 2.45) is 0 Å². The van der Waals surface area contributed by atoms with Crippen LogP contribution in [0.25, 0.3) is 0 Å². The number of aliphatic hydroxyl groups excluding tert-OH is 2. The van der Waals surface area contributed by atoms with Crippen LogP contribution in [-0.4, -0.2) is 41.6 Å². The number of benzene rings is 1. The lowest BCUT2D eigenvalue weighted by atomic mass is 10.0. The minimum absolute atomic E-state index is 0.173. The van der Waals surface area contributed by atoms with Crippen molar-refractivity contribution in [3.05, 3.63) is 28.8 Å². The third-order valence-corrected chi connectivity index (χ3v) is 3.07. The van der Waals surface area contributed by atoms with Crippen LogP contribution in [0, 0.1) is 6.92 Å².